The third-order valence-electron chi connectivity index (χ3n) is 3.00. The summed E-state index contributed by atoms with van der Waals surface area (Å²) < 4.78 is 16.4. The first-order chi connectivity index (χ1) is 9.56. The van der Waals surface area contributed by atoms with Crippen molar-refractivity contribution < 1.29 is 14.2 Å². The van der Waals surface area contributed by atoms with E-state index in [0.29, 0.717) is 12.6 Å². The summed E-state index contributed by atoms with van der Waals surface area (Å²) in [7, 11) is 3.36. The van der Waals surface area contributed by atoms with Gasteiger partial charge >= 0.3 is 0 Å². The summed E-state index contributed by atoms with van der Waals surface area (Å²) in [6, 6.07) is 6.51. The number of methoxy groups -OCH3 is 2. The molecule has 0 spiro atoms. The molecule has 1 unspecified atom stereocenters. The highest BCUT2D eigenvalue weighted by molar-refractivity contribution is 5.43. The van der Waals surface area contributed by atoms with Crippen LogP contribution in [0.15, 0.2) is 18.2 Å². The Morgan fingerprint density at radius 3 is 2.45 bits per heavy atom. The lowest BCUT2D eigenvalue weighted by molar-refractivity contribution is 0.132. The van der Waals surface area contributed by atoms with E-state index in [1.54, 1.807) is 14.2 Å². The van der Waals surface area contributed by atoms with E-state index in [-0.39, 0.29) is 6.10 Å². The summed E-state index contributed by atoms with van der Waals surface area (Å²) in [4.78, 5) is 0. The van der Waals surface area contributed by atoms with Crippen LogP contribution in [0, 0.1) is 0 Å². The lowest BCUT2D eigenvalue weighted by atomic mass is 10.2. The van der Waals surface area contributed by atoms with E-state index in [4.69, 9.17) is 14.2 Å². The summed E-state index contributed by atoms with van der Waals surface area (Å²) >= 11 is 0. The Bertz CT molecular complexity index is 393. The molecule has 4 heteroatoms. The van der Waals surface area contributed by atoms with E-state index in [0.717, 1.165) is 24.5 Å². The number of hydrogen-bond donors (Lipinski definition) is 1. The van der Waals surface area contributed by atoms with Crippen LogP contribution in [0.2, 0.25) is 0 Å². The van der Waals surface area contributed by atoms with Crippen LogP contribution >= 0.6 is 0 Å². The topological polar surface area (TPSA) is 39.7 Å². The summed E-state index contributed by atoms with van der Waals surface area (Å²) in [5, 5.41) is 3.40. The van der Waals surface area contributed by atoms with Crippen molar-refractivity contribution in [3.8, 4) is 11.5 Å². The lowest BCUT2D eigenvalue weighted by Crippen LogP contribution is -2.22. The van der Waals surface area contributed by atoms with Crippen molar-refractivity contribution in [3.05, 3.63) is 23.8 Å². The zero-order valence-corrected chi connectivity index (χ0v) is 13.2. The molecule has 0 amide bonds. The fourth-order valence-corrected chi connectivity index (χ4v) is 1.80. The van der Waals surface area contributed by atoms with E-state index < -0.39 is 0 Å². The van der Waals surface area contributed by atoms with E-state index in [1.807, 2.05) is 19.1 Å². The highest BCUT2D eigenvalue weighted by Gasteiger charge is 2.10. The monoisotopic (exact) mass is 281 g/mol. The van der Waals surface area contributed by atoms with Gasteiger partial charge in [-0.3, -0.25) is 0 Å². The van der Waals surface area contributed by atoms with Gasteiger partial charge in [0.2, 0.25) is 0 Å². The molecule has 0 aliphatic carbocycles. The van der Waals surface area contributed by atoms with Gasteiger partial charge in [0.15, 0.2) is 11.5 Å². The maximum Gasteiger partial charge on any atom is 0.161 e. The lowest BCUT2D eigenvalue weighted by Gasteiger charge is -2.18. The Labute approximate surface area is 122 Å². The van der Waals surface area contributed by atoms with Gasteiger partial charge in [-0.25, -0.2) is 0 Å². The Hall–Kier alpha value is -1.26. The van der Waals surface area contributed by atoms with E-state index >= 15 is 0 Å². The largest absolute Gasteiger partial charge is 0.493 e. The predicted octanol–water partition coefficient (Wildman–Crippen LogP) is 3.00. The molecule has 1 rings (SSSR count). The molecule has 0 aromatic heterocycles. The van der Waals surface area contributed by atoms with Crippen molar-refractivity contribution in [2.24, 2.45) is 0 Å². The molecule has 0 saturated carbocycles. The maximum absolute atomic E-state index is 5.95. The Morgan fingerprint density at radius 2 is 1.85 bits per heavy atom. The number of benzene rings is 1. The van der Waals surface area contributed by atoms with E-state index in [2.05, 4.69) is 25.2 Å². The van der Waals surface area contributed by atoms with E-state index in [1.165, 1.54) is 5.56 Å². The molecule has 1 aromatic rings. The highest BCUT2D eigenvalue weighted by Crippen LogP contribution is 2.29. The van der Waals surface area contributed by atoms with Crippen LogP contribution in [0.4, 0.5) is 0 Å². The molecule has 0 bridgehead atoms. The zero-order valence-electron chi connectivity index (χ0n) is 13.2. The fraction of sp³-hybridized carbons (Fsp3) is 0.625. The molecule has 4 nitrogen and oxygen atoms in total. The van der Waals surface area contributed by atoms with Gasteiger partial charge in [0, 0.05) is 32.7 Å². The van der Waals surface area contributed by atoms with Crippen LogP contribution in [0.25, 0.3) is 0 Å². The molecular formula is C16H27NO3. The summed E-state index contributed by atoms with van der Waals surface area (Å²) in [5.74, 6) is 1.56. The van der Waals surface area contributed by atoms with Gasteiger partial charge in [-0.2, -0.15) is 0 Å². The second-order valence-corrected chi connectivity index (χ2v) is 5.23. The van der Waals surface area contributed by atoms with Crippen LogP contribution in [-0.2, 0) is 11.3 Å². The van der Waals surface area contributed by atoms with Crippen LogP contribution < -0.4 is 14.8 Å². The average molecular weight is 281 g/mol. The minimum absolute atomic E-state index is 0.0946. The van der Waals surface area contributed by atoms with Gasteiger partial charge in [-0.1, -0.05) is 19.9 Å². The molecule has 1 atom stereocenters. The van der Waals surface area contributed by atoms with Gasteiger partial charge in [0.1, 0.15) is 0 Å². The predicted molar refractivity (Wildman–Crippen MR) is 81.6 cm³/mol. The van der Waals surface area contributed by atoms with E-state index in [9.17, 15) is 0 Å². The average Bonchev–Trinajstić information content (AvgIpc) is 2.43. The Balaban J connectivity index is 2.72. The highest BCUT2D eigenvalue weighted by atomic mass is 16.5. The van der Waals surface area contributed by atoms with Gasteiger partial charge in [0.25, 0.3) is 0 Å². The molecule has 0 aliphatic rings. The quantitative estimate of drug-likeness (QED) is 0.755. The van der Waals surface area contributed by atoms with Crippen molar-refractivity contribution in [2.75, 3.05) is 20.8 Å². The molecule has 20 heavy (non-hydrogen) atoms. The van der Waals surface area contributed by atoms with Crippen LogP contribution in [0.5, 0.6) is 11.5 Å². The molecular weight excluding hydrogens is 254 g/mol. The smallest absolute Gasteiger partial charge is 0.161 e. The van der Waals surface area contributed by atoms with Crippen molar-refractivity contribution in [1.29, 1.82) is 0 Å². The molecule has 0 heterocycles. The van der Waals surface area contributed by atoms with Crippen LogP contribution in [0.1, 0.15) is 32.8 Å². The van der Waals surface area contributed by atoms with Gasteiger partial charge in [0.05, 0.1) is 13.2 Å². The van der Waals surface area contributed by atoms with Gasteiger partial charge in [-0.15, -0.1) is 0 Å². The first kappa shape index (κ1) is 16.8. The van der Waals surface area contributed by atoms with Gasteiger partial charge in [-0.05, 0) is 24.6 Å². The van der Waals surface area contributed by atoms with Crippen molar-refractivity contribution >= 4 is 0 Å². The first-order valence-corrected chi connectivity index (χ1v) is 7.12. The Morgan fingerprint density at radius 1 is 1.10 bits per heavy atom. The molecule has 0 saturated heterocycles. The van der Waals surface area contributed by atoms with Crippen LogP contribution in [0.3, 0.4) is 0 Å². The molecule has 114 valence electrons. The summed E-state index contributed by atoms with van der Waals surface area (Å²) in [6.45, 7) is 7.82. The number of ether oxygens (including phenoxy) is 3. The summed E-state index contributed by atoms with van der Waals surface area (Å²) in [6.07, 6.45) is 0.950. The minimum atomic E-state index is 0.0946. The van der Waals surface area contributed by atoms with Crippen LogP contribution in [-0.4, -0.2) is 33.0 Å². The molecule has 0 aliphatic heterocycles. The maximum atomic E-state index is 5.95. The third-order valence-corrected chi connectivity index (χ3v) is 3.00. The number of hydrogen-bond acceptors (Lipinski definition) is 4. The number of rotatable bonds is 9. The molecule has 0 radical (unpaired) electrons. The van der Waals surface area contributed by atoms with Crippen molar-refractivity contribution in [1.82, 2.24) is 5.32 Å². The Kier molecular flexibility index (Phi) is 7.41. The number of nitrogens with one attached hydrogen (secondary N) is 1. The fourth-order valence-electron chi connectivity index (χ4n) is 1.80. The minimum Gasteiger partial charge on any atom is -0.493 e. The summed E-state index contributed by atoms with van der Waals surface area (Å²) in [5.41, 5.74) is 1.19. The second kappa shape index (κ2) is 8.82. The van der Waals surface area contributed by atoms with Crippen molar-refractivity contribution in [3.63, 3.8) is 0 Å². The zero-order chi connectivity index (χ0) is 15.0. The molecule has 1 N–H and O–H groups in total. The standard InChI is InChI=1S/C16H27NO3/c1-12(2)17-11-14-6-7-15(19-5)16(10-14)20-13(3)8-9-18-4/h6-7,10,12-13,17H,8-9,11H2,1-5H3. The first-order valence-electron chi connectivity index (χ1n) is 7.12. The molecule has 0 fully saturated rings. The van der Waals surface area contributed by atoms with Gasteiger partial charge < -0.3 is 19.5 Å². The molecule has 1 aromatic carbocycles. The SMILES string of the molecule is COCCC(C)Oc1cc(CNC(C)C)ccc1OC. The second-order valence-electron chi connectivity index (χ2n) is 5.23. The van der Waals surface area contributed by atoms with Crippen molar-refractivity contribution in [2.45, 2.75) is 45.9 Å². The normalized spacial score (nSPS) is 12.5. The third kappa shape index (κ3) is 5.80.